The van der Waals surface area contributed by atoms with Crippen molar-refractivity contribution in [2.75, 3.05) is 18.6 Å². The number of aryl methyl sites for hydroxylation is 1. The number of rotatable bonds is 7. The normalized spacial score (nSPS) is 19.0. The van der Waals surface area contributed by atoms with Gasteiger partial charge in [-0.05, 0) is 50.6 Å². The quantitative estimate of drug-likeness (QED) is 0.406. The minimum atomic E-state index is -0.570. The van der Waals surface area contributed by atoms with Gasteiger partial charge >= 0.3 is 5.97 Å². The Morgan fingerprint density at radius 2 is 1.76 bits per heavy atom. The summed E-state index contributed by atoms with van der Waals surface area (Å²) in [5.41, 5.74) is 3.51. The first-order valence-electron chi connectivity index (χ1n) is 9.67. The third kappa shape index (κ3) is 4.47. The van der Waals surface area contributed by atoms with Gasteiger partial charge in [0.1, 0.15) is 5.75 Å². The lowest BCUT2D eigenvalue weighted by molar-refractivity contribution is -0.141. The van der Waals surface area contributed by atoms with E-state index in [0.717, 1.165) is 22.6 Å². The molecule has 0 saturated carbocycles. The van der Waals surface area contributed by atoms with E-state index in [9.17, 15) is 9.59 Å². The molecular formula is C23H26N2O4. The SMILES string of the molecule is CCOC(=O)CC(C)=N[C@H]1C(=O)N(c2ccc(C)cc2)[C@H]1c1ccc(OC)cc1. The molecule has 6 heteroatoms. The molecular weight excluding hydrogens is 368 g/mol. The second-order valence-electron chi connectivity index (χ2n) is 7.05. The molecule has 1 heterocycles. The van der Waals surface area contributed by atoms with Crippen LogP contribution in [0.3, 0.4) is 0 Å². The molecule has 0 aromatic heterocycles. The van der Waals surface area contributed by atoms with Crippen LogP contribution in [0.5, 0.6) is 5.75 Å². The second kappa shape index (κ2) is 8.90. The summed E-state index contributed by atoms with van der Waals surface area (Å²) in [6.07, 6.45) is 0.0808. The van der Waals surface area contributed by atoms with Gasteiger partial charge in [0.25, 0.3) is 5.91 Å². The van der Waals surface area contributed by atoms with E-state index in [1.807, 2.05) is 55.5 Å². The molecule has 0 spiro atoms. The van der Waals surface area contributed by atoms with Gasteiger partial charge in [-0.15, -0.1) is 0 Å². The predicted octanol–water partition coefficient (Wildman–Crippen LogP) is 3.87. The Labute approximate surface area is 171 Å². The summed E-state index contributed by atoms with van der Waals surface area (Å²) < 4.78 is 10.2. The van der Waals surface area contributed by atoms with Crippen molar-refractivity contribution in [3.63, 3.8) is 0 Å². The first-order valence-corrected chi connectivity index (χ1v) is 9.67. The van der Waals surface area contributed by atoms with Crippen LogP contribution < -0.4 is 9.64 Å². The molecule has 0 N–H and O–H groups in total. The Morgan fingerprint density at radius 1 is 1.10 bits per heavy atom. The van der Waals surface area contributed by atoms with Crippen molar-refractivity contribution in [3.05, 3.63) is 59.7 Å². The molecule has 2 atom stereocenters. The number of methoxy groups -OCH3 is 1. The predicted molar refractivity (Wildman–Crippen MR) is 113 cm³/mol. The van der Waals surface area contributed by atoms with Crippen LogP contribution in [-0.4, -0.2) is 37.3 Å². The highest BCUT2D eigenvalue weighted by atomic mass is 16.5. The Balaban J connectivity index is 1.91. The van der Waals surface area contributed by atoms with E-state index in [0.29, 0.717) is 12.3 Å². The molecule has 0 bridgehead atoms. The van der Waals surface area contributed by atoms with Crippen LogP contribution in [0.1, 0.15) is 37.4 Å². The zero-order valence-corrected chi connectivity index (χ0v) is 17.2. The maximum absolute atomic E-state index is 13.0. The number of hydrogen-bond acceptors (Lipinski definition) is 5. The van der Waals surface area contributed by atoms with E-state index in [2.05, 4.69) is 4.99 Å². The zero-order chi connectivity index (χ0) is 21.0. The van der Waals surface area contributed by atoms with E-state index in [1.165, 1.54) is 0 Å². The fourth-order valence-corrected chi connectivity index (χ4v) is 3.43. The number of anilines is 1. The van der Waals surface area contributed by atoms with Crippen molar-refractivity contribution >= 4 is 23.3 Å². The van der Waals surface area contributed by atoms with Gasteiger partial charge in [0.15, 0.2) is 6.04 Å². The molecule has 29 heavy (non-hydrogen) atoms. The van der Waals surface area contributed by atoms with Crippen molar-refractivity contribution in [1.82, 2.24) is 0 Å². The third-order valence-corrected chi connectivity index (χ3v) is 4.90. The second-order valence-corrected chi connectivity index (χ2v) is 7.05. The van der Waals surface area contributed by atoms with Crippen molar-refractivity contribution < 1.29 is 19.1 Å². The van der Waals surface area contributed by atoms with E-state index < -0.39 is 6.04 Å². The Hall–Kier alpha value is -3.15. The van der Waals surface area contributed by atoms with Crippen molar-refractivity contribution in [3.8, 4) is 5.75 Å². The average Bonchev–Trinajstić information content (AvgIpc) is 2.71. The number of carbonyl (C=O) groups is 2. The smallest absolute Gasteiger partial charge is 0.311 e. The summed E-state index contributed by atoms with van der Waals surface area (Å²) in [5, 5.41) is 0. The summed E-state index contributed by atoms with van der Waals surface area (Å²) in [6.45, 7) is 5.85. The summed E-state index contributed by atoms with van der Waals surface area (Å²) in [7, 11) is 1.62. The van der Waals surface area contributed by atoms with Gasteiger partial charge in [-0.25, -0.2) is 0 Å². The van der Waals surface area contributed by atoms with Gasteiger partial charge in [-0.1, -0.05) is 29.8 Å². The zero-order valence-electron chi connectivity index (χ0n) is 17.2. The molecule has 3 rings (SSSR count). The summed E-state index contributed by atoms with van der Waals surface area (Å²) >= 11 is 0. The Kier molecular flexibility index (Phi) is 6.32. The topological polar surface area (TPSA) is 68.2 Å². The van der Waals surface area contributed by atoms with E-state index in [-0.39, 0.29) is 24.3 Å². The van der Waals surface area contributed by atoms with Crippen LogP contribution in [0.25, 0.3) is 0 Å². The molecule has 2 aromatic carbocycles. The fraction of sp³-hybridized carbons (Fsp3) is 0.348. The molecule has 152 valence electrons. The number of hydrogen-bond donors (Lipinski definition) is 0. The molecule has 1 fully saturated rings. The molecule has 2 aromatic rings. The van der Waals surface area contributed by atoms with Crippen LogP contribution in [-0.2, 0) is 14.3 Å². The minimum Gasteiger partial charge on any atom is -0.497 e. The average molecular weight is 394 g/mol. The molecule has 1 amide bonds. The number of amides is 1. The van der Waals surface area contributed by atoms with Crippen molar-refractivity contribution in [2.45, 2.75) is 39.3 Å². The third-order valence-electron chi connectivity index (χ3n) is 4.90. The molecule has 1 aliphatic heterocycles. The highest BCUT2D eigenvalue weighted by Crippen LogP contribution is 2.41. The lowest BCUT2D eigenvalue weighted by Crippen LogP contribution is -2.58. The molecule has 1 saturated heterocycles. The van der Waals surface area contributed by atoms with Gasteiger partial charge in [0.2, 0.25) is 0 Å². The van der Waals surface area contributed by atoms with Gasteiger partial charge < -0.3 is 14.4 Å². The fourth-order valence-electron chi connectivity index (χ4n) is 3.43. The molecule has 0 unspecified atom stereocenters. The number of esters is 1. The van der Waals surface area contributed by atoms with Crippen LogP contribution in [0.2, 0.25) is 0 Å². The molecule has 6 nitrogen and oxygen atoms in total. The van der Waals surface area contributed by atoms with Crippen LogP contribution in [0.4, 0.5) is 5.69 Å². The number of aliphatic imine (C=N–C) groups is 1. The van der Waals surface area contributed by atoms with Gasteiger partial charge in [-0.3, -0.25) is 14.6 Å². The van der Waals surface area contributed by atoms with E-state index >= 15 is 0 Å². The van der Waals surface area contributed by atoms with Crippen LogP contribution in [0, 0.1) is 6.92 Å². The lowest BCUT2D eigenvalue weighted by atomic mass is 9.87. The molecule has 1 aliphatic rings. The number of benzene rings is 2. The maximum Gasteiger partial charge on any atom is 0.311 e. The van der Waals surface area contributed by atoms with E-state index in [1.54, 1.807) is 25.9 Å². The number of ether oxygens (including phenoxy) is 2. The summed E-state index contributed by atoms with van der Waals surface area (Å²) in [4.78, 5) is 31.1. The Morgan fingerprint density at radius 3 is 2.34 bits per heavy atom. The highest BCUT2D eigenvalue weighted by molar-refractivity contribution is 6.08. The van der Waals surface area contributed by atoms with Crippen LogP contribution in [0.15, 0.2) is 53.5 Å². The maximum atomic E-state index is 13.0. The van der Waals surface area contributed by atoms with Gasteiger partial charge in [-0.2, -0.15) is 0 Å². The van der Waals surface area contributed by atoms with Crippen molar-refractivity contribution in [1.29, 1.82) is 0 Å². The lowest BCUT2D eigenvalue weighted by Gasteiger charge is -2.45. The highest BCUT2D eigenvalue weighted by Gasteiger charge is 2.49. The van der Waals surface area contributed by atoms with Gasteiger partial charge in [0.05, 0.1) is 26.2 Å². The molecule has 0 aliphatic carbocycles. The van der Waals surface area contributed by atoms with Crippen molar-refractivity contribution in [2.24, 2.45) is 4.99 Å². The summed E-state index contributed by atoms with van der Waals surface area (Å²) in [5.74, 6) is 0.328. The number of carbonyl (C=O) groups excluding carboxylic acids is 2. The largest absolute Gasteiger partial charge is 0.497 e. The first-order chi connectivity index (χ1) is 13.9. The van der Waals surface area contributed by atoms with Gasteiger partial charge in [0, 0.05) is 11.4 Å². The van der Waals surface area contributed by atoms with Crippen LogP contribution >= 0.6 is 0 Å². The molecule has 0 radical (unpaired) electrons. The first kappa shape index (κ1) is 20.6. The van der Waals surface area contributed by atoms with E-state index in [4.69, 9.17) is 9.47 Å². The Bertz CT molecular complexity index is 903. The number of β-lactam (4-membered cyclic amide) rings is 1. The number of nitrogens with zero attached hydrogens (tertiary/aromatic N) is 2. The summed E-state index contributed by atoms with van der Waals surface area (Å²) in [6, 6.07) is 14.7. The minimum absolute atomic E-state index is 0.0808. The monoisotopic (exact) mass is 394 g/mol. The standard InChI is InChI=1S/C23H26N2O4/c1-5-29-20(26)14-16(3)24-21-22(17-8-12-19(28-4)13-9-17)25(23(21)27)18-10-6-15(2)7-11-18/h6-13,21-22H,5,14H2,1-4H3/t21-,22+/m1/s1.